The van der Waals surface area contributed by atoms with E-state index in [9.17, 15) is 4.79 Å². The molecule has 0 spiro atoms. The predicted octanol–water partition coefficient (Wildman–Crippen LogP) is 9.59. The number of aliphatic hydroxyl groups is 1. The zero-order valence-corrected chi connectivity index (χ0v) is 28.4. The third kappa shape index (κ3) is 8.69. The Labute approximate surface area is 303 Å². The van der Waals surface area contributed by atoms with E-state index in [-0.39, 0.29) is 60.9 Å². The van der Waals surface area contributed by atoms with E-state index in [0.717, 1.165) is 64.0 Å². The average molecular weight is 744 g/mol. The molecule has 1 N–H and O–H groups in total. The number of unbranched alkanes of at least 4 members (excludes halogenated alkanes) is 5. The summed E-state index contributed by atoms with van der Waals surface area (Å²) in [7, 11) is 0. The minimum Gasteiger partial charge on any atom is -0.512 e. The van der Waals surface area contributed by atoms with Crippen LogP contribution in [0.1, 0.15) is 73.2 Å². The molecule has 0 atom stereocenters. The van der Waals surface area contributed by atoms with E-state index < -0.39 is 0 Å². The number of allylic oxidation sites excluding steroid dienone is 2. The van der Waals surface area contributed by atoms with Crippen molar-refractivity contribution in [3.8, 4) is 5.75 Å². The topological polar surface area (TPSA) is 84.7 Å². The fourth-order valence-electron chi connectivity index (χ4n) is 5.22. The van der Waals surface area contributed by atoms with Crippen LogP contribution in [0.4, 0.5) is 5.69 Å². The van der Waals surface area contributed by atoms with Crippen LogP contribution < -0.4 is 4.74 Å². The van der Waals surface area contributed by atoms with E-state index in [1.807, 2.05) is 29.9 Å². The Morgan fingerprint density at radius 1 is 0.909 bits per heavy atom. The maximum Gasteiger partial charge on any atom is 0.199 e. The first-order valence-corrected chi connectivity index (χ1v) is 15.8. The molecule has 0 fully saturated rings. The first-order valence-electron chi connectivity index (χ1n) is 15.0. The number of hydrogen-bond donors (Lipinski definition) is 1. The molecule has 0 saturated carbocycles. The first-order chi connectivity index (χ1) is 21.0. The number of carbonyl (C=O) groups excluding carboxylic acids is 1. The van der Waals surface area contributed by atoms with Gasteiger partial charge in [-0.25, -0.2) is 0 Å². The normalized spacial score (nSPS) is 12.2. The molecule has 0 amide bonds. The second kappa shape index (κ2) is 17.1. The van der Waals surface area contributed by atoms with Gasteiger partial charge in [-0.05, 0) is 78.4 Å². The molecule has 6 nitrogen and oxygen atoms in total. The van der Waals surface area contributed by atoms with Crippen LogP contribution in [0.3, 0.4) is 0 Å². The van der Waals surface area contributed by atoms with Crippen molar-refractivity contribution < 1.29 is 64.0 Å². The number of aliphatic imine (C=N–C) groups is 1. The summed E-state index contributed by atoms with van der Waals surface area (Å²) in [6.45, 7) is 4.52. The smallest absolute Gasteiger partial charge is 0.199 e. The van der Waals surface area contributed by atoms with Gasteiger partial charge in [-0.15, -0.1) is 11.3 Å². The summed E-state index contributed by atoms with van der Waals surface area (Å²) in [5, 5.41) is 12.8. The summed E-state index contributed by atoms with van der Waals surface area (Å²) >= 11 is 1.37. The third-order valence-corrected chi connectivity index (χ3v) is 8.24. The van der Waals surface area contributed by atoms with E-state index in [4.69, 9.17) is 14.8 Å². The largest absolute Gasteiger partial charge is 0.512 e. The van der Waals surface area contributed by atoms with Gasteiger partial charge in [0, 0.05) is 85.0 Å². The summed E-state index contributed by atoms with van der Waals surface area (Å²) in [5.74, 6) is 0.839. The van der Waals surface area contributed by atoms with Crippen molar-refractivity contribution in [1.82, 2.24) is 9.97 Å². The minimum atomic E-state index is -0.139. The van der Waals surface area contributed by atoms with Crippen molar-refractivity contribution in [2.45, 2.75) is 58.8 Å². The van der Waals surface area contributed by atoms with E-state index in [1.165, 1.54) is 62.0 Å². The molecular formula is C36H37EuN3O3S. The molecular weight excluding hydrogens is 706 g/mol. The van der Waals surface area contributed by atoms with Gasteiger partial charge in [0.25, 0.3) is 0 Å². The van der Waals surface area contributed by atoms with Crippen molar-refractivity contribution in [1.29, 1.82) is 0 Å². The SMILES string of the molecule is CC(O)=CC(=O)c1cccs1.CCCCCCCCOc1ccc(C2=Nc3c(c4cccnc4c4ncccc34)C2)cc1.[Eu]. The molecule has 0 saturated heterocycles. The van der Waals surface area contributed by atoms with Crippen LogP contribution in [0.2, 0.25) is 0 Å². The number of hydrogen-bond acceptors (Lipinski definition) is 7. The predicted molar refractivity (Wildman–Crippen MR) is 177 cm³/mol. The number of pyridine rings is 2. The number of ether oxygens (including phenoxy) is 1. The van der Waals surface area contributed by atoms with Gasteiger partial charge in [0.1, 0.15) is 5.75 Å². The molecule has 6 rings (SSSR count). The maximum absolute atomic E-state index is 11.1. The van der Waals surface area contributed by atoms with Crippen LogP contribution in [0, 0.1) is 49.4 Å². The molecule has 4 heterocycles. The van der Waals surface area contributed by atoms with Crippen LogP contribution in [0.15, 0.2) is 95.3 Å². The van der Waals surface area contributed by atoms with Gasteiger partial charge < -0.3 is 9.84 Å². The van der Waals surface area contributed by atoms with Gasteiger partial charge in [0.2, 0.25) is 0 Å². The Bertz CT molecular complexity index is 1740. The summed E-state index contributed by atoms with van der Waals surface area (Å²) in [5.41, 5.74) is 6.38. The molecule has 0 unspecified atom stereocenters. The van der Waals surface area contributed by atoms with E-state index >= 15 is 0 Å². The third-order valence-electron chi connectivity index (χ3n) is 7.35. The Morgan fingerprint density at radius 3 is 2.27 bits per heavy atom. The number of benzene rings is 2. The minimum absolute atomic E-state index is 0. The number of aliphatic hydroxyl groups excluding tert-OH is 1. The van der Waals surface area contributed by atoms with Crippen LogP contribution >= 0.6 is 11.3 Å². The van der Waals surface area contributed by atoms with Crippen molar-refractivity contribution >= 4 is 50.3 Å². The van der Waals surface area contributed by atoms with Gasteiger partial charge in [-0.2, -0.15) is 0 Å². The van der Waals surface area contributed by atoms with Crippen LogP contribution in [-0.4, -0.2) is 33.2 Å². The second-order valence-electron chi connectivity index (χ2n) is 10.6. The van der Waals surface area contributed by atoms with Gasteiger partial charge in [-0.1, -0.05) is 51.2 Å². The summed E-state index contributed by atoms with van der Waals surface area (Å²) in [4.78, 5) is 26.0. The Balaban J connectivity index is 0.000000313. The van der Waals surface area contributed by atoms with Crippen molar-refractivity contribution in [2.24, 2.45) is 4.99 Å². The van der Waals surface area contributed by atoms with Crippen LogP contribution in [0.5, 0.6) is 5.75 Å². The Morgan fingerprint density at radius 2 is 1.59 bits per heavy atom. The van der Waals surface area contributed by atoms with Crippen molar-refractivity contribution in [3.05, 3.63) is 106 Å². The molecule has 8 heteroatoms. The number of aromatic nitrogens is 2. The monoisotopic (exact) mass is 744 g/mol. The second-order valence-corrected chi connectivity index (χ2v) is 11.6. The average Bonchev–Trinajstić information content (AvgIpc) is 3.73. The first kappa shape index (κ1) is 34.1. The number of carbonyl (C=O) groups is 1. The molecule has 1 aliphatic heterocycles. The zero-order valence-electron chi connectivity index (χ0n) is 25.1. The maximum atomic E-state index is 11.1. The zero-order chi connectivity index (χ0) is 30.0. The van der Waals surface area contributed by atoms with Gasteiger partial charge >= 0.3 is 0 Å². The molecule has 5 aromatic rings. The van der Waals surface area contributed by atoms with Crippen molar-refractivity contribution in [2.75, 3.05) is 6.61 Å². The summed E-state index contributed by atoms with van der Waals surface area (Å²) < 4.78 is 5.95. The Kier molecular flexibility index (Phi) is 13.2. The fourth-order valence-corrected chi connectivity index (χ4v) is 5.86. The molecule has 0 bridgehead atoms. The number of nitrogens with zero attached hydrogens (tertiary/aromatic N) is 3. The van der Waals surface area contributed by atoms with E-state index in [1.54, 1.807) is 12.1 Å². The number of fused-ring (bicyclic) bond motifs is 6. The van der Waals surface area contributed by atoms with Crippen LogP contribution in [0.25, 0.3) is 21.8 Å². The van der Waals surface area contributed by atoms with Gasteiger partial charge in [0.05, 0.1) is 39.7 Å². The van der Waals surface area contributed by atoms with E-state index in [2.05, 4.69) is 53.3 Å². The molecule has 1 aliphatic rings. The molecule has 0 aliphatic carbocycles. The Hall–Kier alpha value is -2.78. The quantitative estimate of drug-likeness (QED) is 0.0479. The van der Waals surface area contributed by atoms with Crippen molar-refractivity contribution in [3.63, 3.8) is 0 Å². The molecule has 2 aromatic carbocycles. The van der Waals surface area contributed by atoms with Gasteiger partial charge in [-0.3, -0.25) is 19.8 Å². The van der Waals surface area contributed by atoms with Gasteiger partial charge in [0.15, 0.2) is 5.78 Å². The fraction of sp³-hybridized carbons (Fsp3) is 0.278. The number of thiophene rings is 1. The number of ketones is 1. The molecule has 44 heavy (non-hydrogen) atoms. The summed E-state index contributed by atoms with van der Waals surface area (Å²) in [6.07, 6.45) is 13.3. The standard InChI is InChI=1S/C28H29N3O.C8H8O2S.Eu/c1-2-3-4-5-6-7-18-32-21-14-12-20(13-15-21)25-19-24-22-10-8-16-29-27(22)28-23(26(24)31-25)11-9-17-30-28;1-6(9)5-7(10)8-3-2-4-11-8;/h8-17H,2-7,18-19H2,1H3;2-5,9H,1H3;. The number of rotatable bonds is 11. The van der Waals surface area contributed by atoms with Crippen LogP contribution in [-0.2, 0) is 6.42 Å². The molecule has 3 aromatic heterocycles. The summed E-state index contributed by atoms with van der Waals surface area (Å²) in [6, 6.07) is 20.1. The van der Waals surface area contributed by atoms with E-state index in [0.29, 0.717) is 4.88 Å². The molecule has 1 radical (unpaired) electrons. The molecule has 227 valence electrons.